The molecule has 2 amide bonds. The number of amides is 2. The first-order valence-corrected chi connectivity index (χ1v) is 15.1. The van der Waals surface area contributed by atoms with Crippen molar-refractivity contribution < 1.29 is 19.1 Å². The van der Waals surface area contributed by atoms with Gasteiger partial charge in [0, 0.05) is 67.6 Å². The second-order valence-electron chi connectivity index (χ2n) is 12.5. The van der Waals surface area contributed by atoms with E-state index < -0.39 is 0 Å². The van der Waals surface area contributed by atoms with Gasteiger partial charge in [-0.1, -0.05) is 19.9 Å². The topological polar surface area (TPSA) is 93.1 Å². The number of nitrogens with zero attached hydrogens (tertiary/aromatic N) is 3. The number of ether oxygens (including phenoxy) is 2. The van der Waals surface area contributed by atoms with Gasteiger partial charge in [-0.3, -0.25) is 14.4 Å². The average molecular weight is 585 g/mol. The Hall–Kier alpha value is -4.27. The summed E-state index contributed by atoms with van der Waals surface area (Å²) in [5, 5.41) is 3.12. The van der Waals surface area contributed by atoms with Crippen LogP contribution in [0, 0.1) is 17.8 Å². The second kappa shape index (κ2) is 11.8. The summed E-state index contributed by atoms with van der Waals surface area (Å²) in [5.41, 5.74) is 3.50. The van der Waals surface area contributed by atoms with E-state index >= 15 is 0 Å². The van der Waals surface area contributed by atoms with Gasteiger partial charge in [0.2, 0.25) is 0 Å². The number of pyridine rings is 1. The minimum absolute atomic E-state index is 0.0210. The second-order valence-corrected chi connectivity index (χ2v) is 12.5. The van der Waals surface area contributed by atoms with Crippen molar-refractivity contribution in [1.29, 1.82) is 0 Å². The molecule has 1 N–H and O–H groups in total. The van der Waals surface area contributed by atoms with E-state index in [0.29, 0.717) is 59.2 Å². The largest absolute Gasteiger partial charge is 0.497 e. The predicted octanol–water partition coefficient (Wildman–Crippen LogP) is 4.86. The SMILES string of the molecule is COc1cc(OC)cc(C(=O)Nc2cc(C(=O)N3C[C@H](C)C[C@H](C)C3)ccc2N2C[C@H]3C[C@@H](C2)c2cccc(=O)n2C3)c1. The highest BCUT2D eigenvalue weighted by Gasteiger charge is 2.36. The zero-order valence-electron chi connectivity index (χ0n) is 25.3. The minimum Gasteiger partial charge on any atom is -0.497 e. The van der Waals surface area contributed by atoms with Crippen molar-refractivity contribution >= 4 is 23.2 Å². The number of rotatable bonds is 6. The monoisotopic (exact) mass is 584 g/mol. The lowest BCUT2D eigenvalue weighted by atomic mass is 9.83. The molecule has 9 nitrogen and oxygen atoms in total. The zero-order valence-corrected chi connectivity index (χ0v) is 25.3. The van der Waals surface area contributed by atoms with E-state index in [-0.39, 0.29) is 23.3 Å². The summed E-state index contributed by atoms with van der Waals surface area (Å²) in [6.07, 6.45) is 2.13. The van der Waals surface area contributed by atoms with E-state index in [1.807, 2.05) is 39.8 Å². The van der Waals surface area contributed by atoms with Crippen molar-refractivity contribution in [2.75, 3.05) is 50.6 Å². The number of carbonyl (C=O) groups excluding carboxylic acids is 2. The quantitative estimate of drug-likeness (QED) is 0.445. The third-order valence-corrected chi connectivity index (χ3v) is 9.08. The fourth-order valence-corrected chi connectivity index (χ4v) is 7.28. The van der Waals surface area contributed by atoms with Gasteiger partial charge in [0.15, 0.2) is 0 Å². The highest BCUT2D eigenvalue weighted by Crippen LogP contribution is 2.40. The summed E-state index contributed by atoms with van der Waals surface area (Å²) in [6, 6.07) is 16.2. The Bertz CT molecular complexity index is 1570. The number of anilines is 2. The van der Waals surface area contributed by atoms with Crippen LogP contribution in [0.25, 0.3) is 0 Å². The molecule has 226 valence electrons. The lowest BCUT2D eigenvalue weighted by Gasteiger charge is -2.44. The smallest absolute Gasteiger partial charge is 0.255 e. The van der Waals surface area contributed by atoms with Crippen molar-refractivity contribution in [3.8, 4) is 11.5 Å². The fourth-order valence-electron chi connectivity index (χ4n) is 7.28. The van der Waals surface area contributed by atoms with Crippen molar-refractivity contribution in [2.45, 2.75) is 39.2 Å². The van der Waals surface area contributed by atoms with Crippen LogP contribution in [0.1, 0.15) is 59.0 Å². The summed E-state index contributed by atoms with van der Waals surface area (Å²) in [4.78, 5) is 44.2. The molecule has 43 heavy (non-hydrogen) atoms. The van der Waals surface area contributed by atoms with Gasteiger partial charge in [0.25, 0.3) is 17.4 Å². The van der Waals surface area contributed by atoms with Crippen molar-refractivity contribution in [2.24, 2.45) is 17.8 Å². The summed E-state index contributed by atoms with van der Waals surface area (Å²) in [6.45, 7) is 7.97. The maximum atomic E-state index is 13.7. The Balaban J connectivity index is 1.35. The van der Waals surface area contributed by atoms with Crippen molar-refractivity contribution in [1.82, 2.24) is 9.47 Å². The minimum atomic E-state index is -0.322. The molecule has 0 aliphatic carbocycles. The van der Waals surface area contributed by atoms with E-state index in [4.69, 9.17) is 9.47 Å². The Morgan fingerprint density at radius 2 is 1.53 bits per heavy atom. The molecule has 9 heteroatoms. The Morgan fingerprint density at radius 1 is 0.814 bits per heavy atom. The van der Waals surface area contributed by atoms with Crippen LogP contribution in [0.4, 0.5) is 11.4 Å². The molecule has 6 rings (SSSR count). The molecule has 1 aromatic heterocycles. The molecule has 3 aliphatic heterocycles. The summed E-state index contributed by atoms with van der Waals surface area (Å²) in [7, 11) is 3.09. The normalized spacial score (nSPS) is 22.9. The van der Waals surface area contributed by atoms with Gasteiger partial charge in [-0.25, -0.2) is 0 Å². The maximum absolute atomic E-state index is 13.7. The van der Waals surface area contributed by atoms with E-state index in [9.17, 15) is 14.4 Å². The van der Waals surface area contributed by atoms with Gasteiger partial charge in [0.1, 0.15) is 11.5 Å². The summed E-state index contributed by atoms with van der Waals surface area (Å²) in [5.74, 6) is 2.07. The average Bonchev–Trinajstić information content (AvgIpc) is 3.00. The lowest BCUT2D eigenvalue weighted by molar-refractivity contribution is 0.0623. The number of benzene rings is 2. The maximum Gasteiger partial charge on any atom is 0.255 e. The van der Waals surface area contributed by atoms with Gasteiger partial charge in [-0.15, -0.1) is 0 Å². The van der Waals surface area contributed by atoms with E-state index in [1.165, 1.54) is 0 Å². The number of hydrogen-bond donors (Lipinski definition) is 1. The molecular formula is C34H40N4O5. The molecule has 0 unspecified atom stereocenters. The number of fused-ring (bicyclic) bond motifs is 4. The molecule has 3 aliphatic rings. The molecule has 4 heterocycles. The summed E-state index contributed by atoms with van der Waals surface area (Å²) >= 11 is 0. The molecule has 0 spiro atoms. The molecule has 3 aromatic rings. The van der Waals surface area contributed by atoms with E-state index in [0.717, 1.165) is 43.9 Å². The van der Waals surface area contributed by atoms with Gasteiger partial charge >= 0.3 is 0 Å². The van der Waals surface area contributed by atoms with Gasteiger partial charge in [-0.2, -0.15) is 0 Å². The first kappa shape index (κ1) is 28.8. The van der Waals surface area contributed by atoms with Crippen LogP contribution in [0.2, 0.25) is 0 Å². The van der Waals surface area contributed by atoms with Crippen LogP contribution in [-0.2, 0) is 6.54 Å². The highest BCUT2D eigenvalue weighted by molar-refractivity contribution is 6.07. The van der Waals surface area contributed by atoms with Gasteiger partial charge in [-0.05, 0) is 67.0 Å². The van der Waals surface area contributed by atoms with Crippen LogP contribution in [-0.4, -0.2) is 61.7 Å². The van der Waals surface area contributed by atoms with E-state index in [2.05, 4.69) is 24.1 Å². The number of hydrogen-bond acceptors (Lipinski definition) is 6. The lowest BCUT2D eigenvalue weighted by Crippen LogP contribution is -2.47. The predicted molar refractivity (Wildman–Crippen MR) is 167 cm³/mol. The number of methoxy groups -OCH3 is 2. The Kier molecular flexibility index (Phi) is 7.90. The third-order valence-electron chi connectivity index (χ3n) is 9.08. The molecular weight excluding hydrogens is 544 g/mol. The molecule has 2 saturated heterocycles. The van der Waals surface area contributed by atoms with Crippen molar-refractivity contribution in [3.05, 3.63) is 81.8 Å². The van der Waals surface area contributed by atoms with Crippen LogP contribution in [0.3, 0.4) is 0 Å². The highest BCUT2D eigenvalue weighted by atomic mass is 16.5. The standard InChI is InChI=1S/C34H40N4O5/c1-21-10-22(2)17-37(16-21)34(41)24-8-9-31(29(14-24)35-33(40)25-12-27(42-3)15-28(13-25)43-4)36-18-23-11-26(20-36)30-6-5-7-32(39)38(30)19-23/h5-9,12-15,21-23,26H,10-11,16-20H2,1-4H3,(H,35,40)/t21-,22+,23-,26+/m1/s1. The summed E-state index contributed by atoms with van der Waals surface area (Å²) < 4.78 is 12.7. The molecule has 4 atom stereocenters. The first-order chi connectivity index (χ1) is 20.7. The Labute approximate surface area is 252 Å². The number of nitrogens with one attached hydrogen (secondary N) is 1. The van der Waals surface area contributed by atoms with Crippen LogP contribution in [0.15, 0.2) is 59.4 Å². The van der Waals surface area contributed by atoms with E-state index in [1.54, 1.807) is 38.5 Å². The zero-order chi connectivity index (χ0) is 30.2. The van der Waals surface area contributed by atoms with Crippen LogP contribution < -0.4 is 25.2 Å². The number of aromatic nitrogens is 1. The molecule has 2 fully saturated rings. The molecule has 2 bridgehead atoms. The van der Waals surface area contributed by atoms with Crippen LogP contribution in [0.5, 0.6) is 11.5 Å². The van der Waals surface area contributed by atoms with Gasteiger partial charge in [0.05, 0.1) is 25.6 Å². The number of carbonyl (C=O) groups is 2. The third kappa shape index (κ3) is 5.85. The van der Waals surface area contributed by atoms with Gasteiger partial charge < -0.3 is 29.2 Å². The molecule has 0 radical (unpaired) electrons. The van der Waals surface area contributed by atoms with Crippen molar-refractivity contribution in [3.63, 3.8) is 0 Å². The fraction of sp³-hybridized carbons (Fsp3) is 0.441. The Morgan fingerprint density at radius 3 is 2.23 bits per heavy atom. The number of likely N-dealkylation sites (tertiary alicyclic amines) is 1. The number of piperidine rings is 2. The van der Waals surface area contributed by atoms with Crippen LogP contribution >= 0.6 is 0 Å². The molecule has 0 saturated carbocycles. The molecule has 2 aromatic carbocycles. The first-order valence-electron chi connectivity index (χ1n) is 15.1.